The van der Waals surface area contributed by atoms with Gasteiger partial charge in [0.2, 0.25) is 0 Å². The molecule has 4 aromatic carbocycles. The van der Waals surface area contributed by atoms with Crippen molar-refractivity contribution in [2.24, 2.45) is 0 Å². The van der Waals surface area contributed by atoms with Crippen LogP contribution in [0.4, 0.5) is 8.78 Å². The molecule has 32 heavy (non-hydrogen) atoms. The van der Waals surface area contributed by atoms with E-state index < -0.39 is 11.6 Å². The number of benzene rings is 4. The lowest BCUT2D eigenvalue weighted by molar-refractivity contribution is 0.303. The predicted molar refractivity (Wildman–Crippen MR) is 127 cm³/mol. The first-order chi connectivity index (χ1) is 15.5. The van der Waals surface area contributed by atoms with Gasteiger partial charge in [0.05, 0.1) is 6.61 Å². The molecule has 0 aromatic heterocycles. The Hall–Kier alpha value is -3.46. The van der Waals surface area contributed by atoms with Gasteiger partial charge in [-0.3, -0.25) is 0 Å². The third-order valence-corrected chi connectivity index (χ3v) is 5.70. The monoisotopic (exact) mass is 428 g/mol. The van der Waals surface area contributed by atoms with Crippen molar-refractivity contribution < 1.29 is 13.5 Å². The number of halogens is 2. The van der Waals surface area contributed by atoms with E-state index in [2.05, 4.69) is 55.5 Å². The van der Waals surface area contributed by atoms with Gasteiger partial charge >= 0.3 is 0 Å². The van der Waals surface area contributed by atoms with Gasteiger partial charge in [0, 0.05) is 0 Å². The second-order valence-corrected chi connectivity index (χ2v) is 7.99. The number of ether oxygens (including phenoxy) is 1. The van der Waals surface area contributed by atoms with Gasteiger partial charge in [-0.05, 0) is 64.8 Å². The van der Waals surface area contributed by atoms with Crippen LogP contribution in [0.25, 0.3) is 22.3 Å². The van der Waals surface area contributed by atoms with Crippen LogP contribution in [0.15, 0.2) is 91.0 Å². The molecule has 1 atom stereocenters. The lowest BCUT2D eigenvalue weighted by Crippen LogP contribution is -1.98. The quantitative estimate of drug-likeness (QED) is 0.289. The third-order valence-electron chi connectivity index (χ3n) is 5.70. The van der Waals surface area contributed by atoms with E-state index in [9.17, 15) is 8.78 Å². The van der Waals surface area contributed by atoms with Gasteiger partial charge < -0.3 is 4.74 Å². The molecule has 0 aliphatic rings. The van der Waals surface area contributed by atoms with Gasteiger partial charge in [-0.25, -0.2) is 8.78 Å². The molecule has 0 N–H and O–H groups in total. The Morgan fingerprint density at radius 2 is 1.19 bits per heavy atom. The Labute approximate surface area is 188 Å². The summed E-state index contributed by atoms with van der Waals surface area (Å²) in [6, 6.07) is 29.5. The third kappa shape index (κ3) is 4.88. The van der Waals surface area contributed by atoms with E-state index in [1.165, 1.54) is 23.3 Å². The topological polar surface area (TPSA) is 9.23 Å². The van der Waals surface area contributed by atoms with Gasteiger partial charge in [-0.1, -0.05) is 85.8 Å². The van der Waals surface area contributed by atoms with Crippen LogP contribution >= 0.6 is 0 Å². The highest BCUT2D eigenvalue weighted by molar-refractivity contribution is 5.71. The molecule has 0 aliphatic carbocycles. The normalized spacial score (nSPS) is 11.9. The highest BCUT2D eigenvalue weighted by Crippen LogP contribution is 2.31. The zero-order valence-electron chi connectivity index (χ0n) is 18.3. The van der Waals surface area contributed by atoms with Crippen LogP contribution in [0.2, 0.25) is 0 Å². The number of hydrogen-bond acceptors (Lipinski definition) is 1. The fraction of sp³-hybridized carbons (Fsp3) is 0.172. The molecular weight excluding hydrogens is 402 g/mol. The summed E-state index contributed by atoms with van der Waals surface area (Å²) < 4.78 is 33.4. The maximum Gasteiger partial charge on any atom is 0.190 e. The SMILES string of the molecule is CCOc1c(F)cc(-c2ccc(-c3ccc(CC(C)c4ccccc4)cc3)cc2)cc1F. The Bertz CT molecular complexity index is 1140. The zero-order valence-corrected chi connectivity index (χ0v) is 18.3. The second kappa shape index (κ2) is 9.78. The van der Waals surface area contributed by atoms with Gasteiger partial charge in [0.1, 0.15) is 0 Å². The van der Waals surface area contributed by atoms with Crippen molar-refractivity contribution in [2.75, 3.05) is 6.61 Å². The van der Waals surface area contributed by atoms with Crippen LogP contribution in [-0.2, 0) is 6.42 Å². The van der Waals surface area contributed by atoms with Crippen LogP contribution in [-0.4, -0.2) is 6.61 Å². The lowest BCUT2D eigenvalue weighted by Gasteiger charge is -2.12. The fourth-order valence-electron chi connectivity index (χ4n) is 3.95. The van der Waals surface area contributed by atoms with Gasteiger partial charge in [-0.15, -0.1) is 0 Å². The fourth-order valence-corrected chi connectivity index (χ4v) is 3.95. The molecule has 4 rings (SSSR count). The molecule has 1 nitrogen and oxygen atoms in total. The Kier molecular flexibility index (Phi) is 6.65. The first kappa shape index (κ1) is 21.8. The average Bonchev–Trinajstić information content (AvgIpc) is 2.82. The van der Waals surface area contributed by atoms with Gasteiger partial charge in [0.25, 0.3) is 0 Å². The van der Waals surface area contributed by atoms with Crippen molar-refractivity contribution in [3.05, 3.63) is 114 Å². The molecule has 0 spiro atoms. The van der Waals surface area contributed by atoms with Crippen LogP contribution in [0.3, 0.4) is 0 Å². The summed E-state index contributed by atoms with van der Waals surface area (Å²) in [7, 11) is 0. The van der Waals surface area contributed by atoms with Crippen LogP contribution in [0.1, 0.15) is 30.9 Å². The minimum absolute atomic E-state index is 0.214. The standard InChI is InChI=1S/C29H26F2O/c1-3-32-29-27(30)18-26(19-28(29)31)25-15-13-24(14-16-25)23-11-9-21(10-12-23)17-20(2)22-7-5-4-6-8-22/h4-16,18-20H,3,17H2,1-2H3. The van der Waals surface area contributed by atoms with E-state index in [0.717, 1.165) is 23.1 Å². The van der Waals surface area contributed by atoms with Crippen molar-refractivity contribution in [1.29, 1.82) is 0 Å². The van der Waals surface area contributed by atoms with Crippen molar-refractivity contribution in [3.8, 4) is 28.0 Å². The Morgan fingerprint density at radius 1 is 0.688 bits per heavy atom. The molecule has 0 fully saturated rings. The van der Waals surface area contributed by atoms with Crippen molar-refractivity contribution in [3.63, 3.8) is 0 Å². The summed E-state index contributed by atoms with van der Waals surface area (Å²) in [6.45, 7) is 4.16. The zero-order chi connectivity index (χ0) is 22.5. The van der Waals surface area contributed by atoms with E-state index >= 15 is 0 Å². The van der Waals surface area contributed by atoms with E-state index in [4.69, 9.17) is 4.74 Å². The molecule has 0 heterocycles. The summed E-state index contributed by atoms with van der Waals surface area (Å²) in [5.74, 6) is -1.25. The molecule has 0 saturated heterocycles. The van der Waals surface area contributed by atoms with Crippen LogP contribution in [0, 0.1) is 11.6 Å². The second-order valence-electron chi connectivity index (χ2n) is 7.99. The molecule has 4 aromatic rings. The Morgan fingerprint density at radius 3 is 1.72 bits per heavy atom. The Balaban J connectivity index is 1.48. The molecule has 0 bridgehead atoms. The van der Waals surface area contributed by atoms with E-state index in [1.54, 1.807) is 6.92 Å². The molecule has 162 valence electrons. The summed E-state index contributed by atoms with van der Waals surface area (Å²) >= 11 is 0. The highest BCUT2D eigenvalue weighted by atomic mass is 19.1. The minimum atomic E-state index is -0.689. The van der Waals surface area contributed by atoms with Crippen molar-refractivity contribution in [2.45, 2.75) is 26.2 Å². The first-order valence-electron chi connectivity index (χ1n) is 10.9. The first-order valence-corrected chi connectivity index (χ1v) is 10.9. The summed E-state index contributed by atoms with van der Waals surface area (Å²) in [5.41, 5.74) is 6.04. The lowest BCUT2D eigenvalue weighted by atomic mass is 9.92. The summed E-state index contributed by atoms with van der Waals surface area (Å²) in [4.78, 5) is 0. The summed E-state index contributed by atoms with van der Waals surface area (Å²) in [5, 5.41) is 0. The van der Waals surface area contributed by atoms with Crippen molar-refractivity contribution >= 4 is 0 Å². The molecule has 0 aliphatic heterocycles. The van der Waals surface area contributed by atoms with Crippen LogP contribution < -0.4 is 4.74 Å². The average molecular weight is 429 g/mol. The van der Waals surface area contributed by atoms with Crippen molar-refractivity contribution in [1.82, 2.24) is 0 Å². The molecule has 3 heteroatoms. The molecule has 1 unspecified atom stereocenters. The largest absolute Gasteiger partial charge is 0.488 e. The van der Waals surface area contributed by atoms with E-state index in [0.29, 0.717) is 11.5 Å². The minimum Gasteiger partial charge on any atom is -0.488 e. The van der Waals surface area contributed by atoms with Gasteiger partial charge in [0.15, 0.2) is 17.4 Å². The van der Waals surface area contributed by atoms with E-state index in [-0.39, 0.29) is 12.4 Å². The molecule has 0 amide bonds. The number of rotatable bonds is 7. The maximum atomic E-state index is 14.2. The highest BCUT2D eigenvalue weighted by Gasteiger charge is 2.13. The summed E-state index contributed by atoms with van der Waals surface area (Å²) in [6.07, 6.45) is 0.984. The maximum absolute atomic E-state index is 14.2. The predicted octanol–water partition coefficient (Wildman–Crippen LogP) is 8.04. The molecule has 0 saturated carbocycles. The molecular formula is C29H26F2O. The molecule has 0 radical (unpaired) electrons. The smallest absolute Gasteiger partial charge is 0.190 e. The van der Waals surface area contributed by atoms with E-state index in [1.807, 2.05) is 30.3 Å². The number of hydrogen-bond donors (Lipinski definition) is 0. The van der Waals surface area contributed by atoms with Gasteiger partial charge in [-0.2, -0.15) is 0 Å². The van der Waals surface area contributed by atoms with Crippen LogP contribution in [0.5, 0.6) is 5.75 Å².